The van der Waals surface area contributed by atoms with Crippen molar-refractivity contribution < 1.29 is 14.6 Å². The van der Waals surface area contributed by atoms with Crippen molar-refractivity contribution in [1.82, 2.24) is 5.32 Å². The van der Waals surface area contributed by atoms with Crippen molar-refractivity contribution in [3.63, 3.8) is 0 Å². The monoisotopic (exact) mass is 329 g/mol. The van der Waals surface area contributed by atoms with Crippen molar-refractivity contribution in [3.05, 3.63) is 59.2 Å². The quantitative estimate of drug-likeness (QED) is 0.780. The van der Waals surface area contributed by atoms with Gasteiger partial charge in [-0.2, -0.15) is 0 Å². The zero-order valence-electron chi connectivity index (χ0n) is 14.9. The summed E-state index contributed by atoms with van der Waals surface area (Å²) < 4.78 is 10.7. The largest absolute Gasteiger partial charge is 0.493 e. The van der Waals surface area contributed by atoms with Crippen LogP contribution in [-0.2, 0) is 6.42 Å². The number of aliphatic hydroxyl groups excluding tert-OH is 1. The summed E-state index contributed by atoms with van der Waals surface area (Å²) in [6, 6.07) is 14.1. The molecular weight excluding hydrogens is 302 g/mol. The molecule has 0 spiro atoms. The maximum Gasteiger partial charge on any atom is 0.161 e. The number of rotatable bonds is 8. The molecule has 2 N–H and O–H groups in total. The van der Waals surface area contributed by atoms with E-state index in [1.54, 1.807) is 14.2 Å². The smallest absolute Gasteiger partial charge is 0.161 e. The van der Waals surface area contributed by atoms with Crippen LogP contribution in [0.1, 0.15) is 29.7 Å². The van der Waals surface area contributed by atoms with Gasteiger partial charge in [-0.1, -0.05) is 30.3 Å². The third kappa shape index (κ3) is 4.73. The molecule has 0 aliphatic carbocycles. The SMILES string of the molecule is COc1cc(C)c(C(C)NCC(O)Cc2ccccc2)cc1OC. The van der Waals surface area contributed by atoms with E-state index in [1.807, 2.05) is 42.5 Å². The summed E-state index contributed by atoms with van der Waals surface area (Å²) in [7, 11) is 3.28. The maximum absolute atomic E-state index is 10.2. The van der Waals surface area contributed by atoms with Crippen LogP contribution in [0.25, 0.3) is 0 Å². The van der Waals surface area contributed by atoms with Gasteiger partial charge in [0.05, 0.1) is 20.3 Å². The fourth-order valence-corrected chi connectivity index (χ4v) is 2.84. The molecule has 130 valence electrons. The van der Waals surface area contributed by atoms with Crippen molar-refractivity contribution in [2.75, 3.05) is 20.8 Å². The molecule has 0 fully saturated rings. The summed E-state index contributed by atoms with van der Waals surface area (Å²) >= 11 is 0. The second-order valence-electron chi connectivity index (χ2n) is 6.04. The fraction of sp³-hybridized carbons (Fsp3) is 0.400. The molecule has 2 aromatic rings. The van der Waals surface area contributed by atoms with E-state index < -0.39 is 6.10 Å². The summed E-state index contributed by atoms with van der Waals surface area (Å²) in [5.74, 6) is 1.45. The Bertz CT molecular complexity index is 643. The first-order valence-electron chi connectivity index (χ1n) is 8.23. The zero-order chi connectivity index (χ0) is 17.5. The highest BCUT2D eigenvalue weighted by Crippen LogP contribution is 2.32. The van der Waals surface area contributed by atoms with Crippen LogP contribution >= 0.6 is 0 Å². The Hall–Kier alpha value is -2.04. The van der Waals surface area contributed by atoms with Crippen LogP contribution in [0.2, 0.25) is 0 Å². The Kier molecular flexibility index (Phi) is 6.64. The number of ether oxygens (including phenoxy) is 2. The van der Waals surface area contributed by atoms with Gasteiger partial charge < -0.3 is 19.9 Å². The molecule has 0 heterocycles. The van der Waals surface area contributed by atoms with E-state index in [0.29, 0.717) is 13.0 Å². The molecule has 2 unspecified atom stereocenters. The van der Waals surface area contributed by atoms with E-state index in [4.69, 9.17) is 9.47 Å². The fourth-order valence-electron chi connectivity index (χ4n) is 2.84. The van der Waals surface area contributed by atoms with Gasteiger partial charge in [-0.3, -0.25) is 0 Å². The lowest BCUT2D eigenvalue weighted by molar-refractivity contribution is 0.168. The molecule has 0 aliphatic heterocycles. The third-order valence-corrected chi connectivity index (χ3v) is 4.21. The molecule has 0 aliphatic rings. The minimum Gasteiger partial charge on any atom is -0.493 e. The predicted octanol–water partition coefficient (Wildman–Crippen LogP) is 3.27. The highest BCUT2D eigenvalue weighted by Gasteiger charge is 2.15. The summed E-state index contributed by atoms with van der Waals surface area (Å²) in [5, 5.41) is 13.6. The molecule has 2 aromatic carbocycles. The van der Waals surface area contributed by atoms with Gasteiger partial charge in [-0.15, -0.1) is 0 Å². The van der Waals surface area contributed by atoms with Crippen LogP contribution in [0.3, 0.4) is 0 Å². The molecule has 4 heteroatoms. The highest BCUT2D eigenvalue weighted by molar-refractivity contribution is 5.48. The van der Waals surface area contributed by atoms with Gasteiger partial charge in [-0.05, 0) is 49.1 Å². The Morgan fingerprint density at radius 1 is 1.04 bits per heavy atom. The van der Waals surface area contributed by atoms with Crippen LogP contribution in [-0.4, -0.2) is 32.0 Å². The van der Waals surface area contributed by atoms with Crippen LogP contribution in [0.5, 0.6) is 11.5 Å². The van der Waals surface area contributed by atoms with Crippen molar-refractivity contribution >= 4 is 0 Å². The number of aliphatic hydroxyl groups is 1. The normalized spacial score (nSPS) is 13.4. The van der Waals surface area contributed by atoms with Gasteiger partial charge >= 0.3 is 0 Å². The molecule has 24 heavy (non-hydrogen) atoms. The Balaban J connectivity index is 1.98. The topological polar surface area (TPSA) is 50.7 Å². The molecule has 0 aromatic heterocycles. The molecule has 0 saturated heterocycles. The summed E-state index contributed by atoms with van der Waals surface area (Å²) in [6.45, 7) is 4.67. The van der Waals surface area contributed by atoms with E-state index in [9.17, 15) is 5.11 Å². The first-order chi connectivity index (χ1) is 11.5. The predicted molar refractivity (Wildman–Crippen MR) is 96.9 cm³/mol. The number of aryl methyl sites for hydroxylation is 1. The Morgan fingerprint density at radius 2 is 1.67 bits per heavy atom. The lowest BCUT2D eigenvalue weighted by Gasteiger charge is -2.21. The molecular formula is C20H27NO3. The van der Waals surface area contributed by atoms with Crippen molar-refractivity contribution in [2.45, 2.75) is 32.4 Å². The summed E-state index contributed by atoms with van der Waals surface area (Å²) in [6.07, 6.45) is 0.223. The third-order valence-electron chi connectivity index (χ3n) is 4.21. The van der Waals surface area contributed by atoms with E-state index in [1.165, 1.54) is 0 Å². The van der Waals surface area contributed by atoms with Crippen LogP contribution in [0.15, 0.2) is 42.5 Å². The first kappa shape index (κ1) is 18.3. The van der Waals surface area contributed by atoms with Crippen LogP contribution < -0.4 is 14.8 Å². The second-order valence-corrected chi connectivity index (χ2v) is 6.04. The van der Waals surface area contributed by atoms with Gasteiger partial charge in [0.1, 0.15) is 0 Å². The Labute approximate surface area is 144 Å². The maximum atomic E-state index is 10.2. The molecule has 0 amide bonds. The Morgan fingerprint density at radius 3 is 2.29 bits per heavy atom. The van der Waals surface area contributed by atoms with Gasteiger partial charge in [0, 0.05) is 12.6 Å². The number of benzene rings is 2. The number of hydrogen-bond donors (Lipinski definition) is 2. The second kappa shape index (κ2) is 8.71. The van der Waals surface area contributed by atoms with E-state index in [0.717, 1.165) is 28.2 Å². The van der Waals surface area contributed by atoms with Gasteiger partial charge in [0.15, 0.2) is 11.5 Å². The lowest BCUT2D eigenvalue weighted by Crippen LogP contribution is -2.30. The molecule has 4 nitrogen and oxygen atoms in total. The zero-order valence-corrected chi connectivity index (χ0v) is 14.9. The van der Waals surface area contributed by atoms with Crippen molar-refractivity contribution in [1.29, 1.82) is 0 Å². The number of nitrogens with one attached hydrogen (secondary N) is 1. The van der Waals surface area contributed by atoms with Crippen molar-refractivity contribution in [2.24, 2.45) is 0 Å². The number of hydrogen-bond acceptors (Lipinski definition) is 4. The van der Waals surface area contributed by atoms with Crippen LogP contribution in [0.4, 0.5) is 0 Å². The molecule has 0 saturated carbocycles. The average molecular weight is 329 g/mol. The molecule has 0 radical (unpaired) electrons. The van der Waals surface area contributed by atoms with Crippen molar-refractivity contribution in [3.8, 4) is 11.5 Å². The molecule has 0 bridgehead atoms. The van der Waals surface area contributed by atoms with Crippen LogP contribution in [0, 0.1) is 6.92 Å². The summed E-state index contributed by atoms with van der Waals surface area (Å²) in [4.78, 5) is 0. The van der Waals surface area contributed by atoms with E-state index >= 15 is 0 Å². The molecule has 2 rings (SSSR count). The minimum atomic E-state index is -0.421. The summed E-state index contributed by atoms with van der Waals surface area (Å²) in [5.41, 5.74) is 3.41. The van der Waals surface area contributed by atoms with Gasteiger partial charge in [0.2, 0.25) is 0 Å². The van der Waals surface area contributed by atoms with Gasteiger partial charge in [0.25, 0.3) is 0 Å². The first-order valence-corrected chi connectivity index (χ1v) is 8.23. The standard InChI is InChI=1S/C20H27NO3/c1-14-10-19(23-3)20(24-4)12-18(14)15(2)21-13-17(22)11-16-8-6-5-7-9-16/h5-10,12,15,17,21-22H,11,13H2,1-4H3. The average Bonchev–Trinajstić information content (AvgIpc) is 2.60. The lowest BCUT2D eigenvalue weighted by atomic mass is 10.0. The number of methoxy groups -OCH3 is 2. The van der Waals surface area contributed by atoms with E-state index in [-0.39, 0.29) is 6.04 Å². The minimum absolute atomic E-state index is 0.107. The highest BCUT2D eigenvalue weighted by atomic mass is 16.5. The molecule has 2 atom stereocenters. The van der Waals surface area contributed by atoms with E-state index in [2.05, 4.69) is 19.2 Å². The van der Waals surface area contributed by atoms with Gasteiger partial charge in [-0.25, -0.2) is 0 Å².